The van der Waals surface area contributed by atoms with E-state index in [9.17, 15) is 9.59 Å². The van der Waals surface area contributed by atoms with Gasteiger partial charge in [-0.1, -0.05) is 24.3 Å². The molecule has 2 amide bonds. The molecule has 2 aliphatic heterocycles. The van der Waals surface area contributed by atoms with Gasteiger partial charge in [0, 0.05) is 19.0 Å². The third kappa shape index (κ3) is 3.65. The van der Waals surface area contributed by atoms with Gasteiger partial charge in [-0.15, -0.1) is 11.3 Å². The standard InChI is InChI=1S/C23H23N3O3S/c27-21-11-13-29-19-9-3-2-8-18(19)26(21)15-22(28)25-12-5-6-16(14-25)23-24-17-7-1-4-10-20(17)30-23/h1-4,7-10,16H,5-6,11-15H2. The Bertz CT molecular complexity index is 1060. The van der Waals surface area contributed by atoms with E-state index < -0.39 is 0 Å². The van der Waals surface area contributed by atoms with Crippen molar-refractivity contribution in [3.8, 4) is 5.75 Å². The monoisotopic (exact) mass is 421 g/mol. The van der Waals surface area contributed by atoms with E-state index >= 15 is 0 Å². The van der Waals surface area contributed by atoms with Crippen LogP contribution in [0, 0.1) is 0 Å². The highest BCUT2D eigenvalue weighted by atomic mass is 32.1. The number of nitrogens with zero attached hydrogens (tertiary/aromatic N) is 3. The molecule has 0 aliphatic carbocycles. The first-order valence-corrected chi connectivity index (χ1v) is 11.2. The maximum atomic E-state index is 13.2. The molecule has 1 aromatic heterocycles. The number of hydrogen-bond donors (Lipinski definition) is 0. The van der Waals surface area contributed by atoms with Crippen molar-refractivity contribution >= 4 is 39.1 Å². The lowest BCUT2D eigenvalue weighted by molar-refractivity contribution is -0.132. The smallest absolute Gasteiger partial charge is 0.242 e. The first-order chi connectivity index (χ1) is 14.7. The van der Waals surface area contributed by atoms with Crippen LogP contribution in [0.15, 0.2) is 48.5 Å². The third-order valence-corrected chi connectivity index (χ3v) is 6.96. The molecule has 7 heteroatoms. The van der Waals surface area contributed by atoms with Crippen LogP contribution in [0.2, 0.25) is 0 Å². The number of ether oxygens (including phenoxy) is 1. The molecule has 1 atom stereocenters. The van der Waals surface area contributed by atoms with Crippen molar-refractivity contribution < 1.29 is 14.3 Å². The molecule has 0 spiro atoms. The maximum Gasteiger partial charge on any atom is 0.242 e. The first-order valence-electron chi connectivity index (χ1n) is 10.3. The minimum Gasteiger partial charge on any atom is -0.491 e. The van der Waals surface area contributed by atoms with Crippen LogP contribution in [0.4, 0.5) is 5.69 Å². The molecule has 1 fully saturated rings. The molecule has 2 aliphatic rings. The normalized spacial score (nSPS) is 19.3. The zero-order chi connectivity index (χ0) is 20.5. The average molecular weight is 422 g/mol. The molecule has 3 aromatic rings. The molecular formula is C23H23N3O3S. The fourth-order valence-corrected chi connectivity index (χ4v) is 5.29. The number of para-hydroxylation sites is 3. The number of aromatic nitrogens is 1. The molecule has 30 heavy (non-hydrogen) atoms. The van der Waals surface area contributed by atoms with E-state index in [1.165, 1.54) is 4.70 Å². The highest BCUT2D eigenvalue weighted by Gasteiger charge is 2.30. The SMILES string of the molecule is O=C(CN1C(=O)CCOc2ccccc21)N1CCCC(c2nc3ccccc3s2)C1. The Morgan fingerprint density at radius 1 is 1.17 bits per heavy atom. The van der Waals surface area contributed by atoms with Gasteiger partial charge in [0.1, 0.15) is 12.3 Å². The molecule has 1 unspecified atom stereocenters. The molecular weight excluding hydrogens is 398 g/mol. The van der Waals surface area contributed by atoms with Gasteiger partial charge in [-0.25, -0.2) is 4.98 Å². The van der Waals surface area contributed by atoms with Crippen LogP contribution in [0.3, 0.4) is 0 Å². The number of anilines is 1. The van der Waals surface area contributed by atoms with Crippen molar-refractivity contribution in [1.82, 2.24) is 9.88 Å². The topological polar surface area (TPSA) is 62.7 Å². The predicted octanol–water partition coefficient (Wildman–Crippen LogP) is 3.82. The number of fused-ring (bicyclic) bond motifs is 2. The second kappa shape index (κ2) is 8.07. The molecule has 0 radical (unpaired) electrons. The van der Waals surface area contributed by atoms with Gasteiger partial charge in [-0.3, -0.25) is 14.5 Å². The summed E-state index contributed by atoms with van der Waals surface area (Å²) >= 11 is 1.72. The van der Waals surface area contributed by atoms with E-state index in [1.807, 2.05) is 47.4 Å². The summed E-state index contributed by atoms with van der Waals surface area (Å²) in [4.78, 5) is 34.1. The van der Waals surface area contributed by atoms with E-state index in [-0.39, 0.29) is 30.7 Å². The van der Waals surface area contributed by atoms with Crippen LogP contribution in [-0.4, -0.2) is 47.9 Å². The maximum absolute atomic E-state index is 13.2. The Labute approximate surface area is 179 Å². The molecule has 0 bridgehead atoms. The Balaban J connectivity index is 1.33. The third-order valence-electron chi connectivity index (χ3n) is 5.76. The lowest BCUT2D eigenvalue weighted by Gasteiger charge is -2.33. The number of thiazole rings is 1. The highest BCUT2D eigenvalue weighted by Crippen LogP contribution is 2.34. The van der Waals surface area contributed by atoms with Gasteiger partial charge in [0.2, 0.25) is 11.8 Å². The van der Waals surface area contributed by atoms with Gasteiger partial charge >= 0.3 is 0 Å². The second-order valence-corrected chi connectivity index (χ2v) is 8.81. The van der Waals surface area contributed by atoms with Crippen LogP contribution in [0.5, 0.6) is 5.75 Å². The molecule has 154 valence electrons. The summed E-state index contributed by atoms with van der Waals surface area (Å²) in [5, 5.41) is 1.10. The minimum atomic E-state index is -0.0759. The van der Waals surface area contributed by atoms with Crippen molar-refractivity contribution in [2.75, 3.05) is 31.1 Å². The summed E-state index contributed by atoms with van der Waals surface area (Å²) in [6.07, 6.45) is 2.25. The summed E-state index contributed by atoms with van der Waals surface area (Å²) < 4.78 is 6.87. The van der Waals surface area contributed by atoms with Crippen LogP contribution < -0.4 is 9.64 Å². The highest BCUT2D eigenvalue weighted by molar-refractivity contribution is 7.18. The second-order valence-electron chi connectivity index (χ2n) is 7.74. The van der Waals surface area contributed by atoms with Gasteiger partial charge in [0.25, 0.3) is 0 Å². The summed E-state index contributed by atoms with van der Waals surface area (Å²) in [5.74, 6) is 0.802. The fourth-order valence-electron chi connectivity index (χ4n) is 4.20. The molecule has 1 saturated heterocycles. The Kier molecular flexibility index (Phi) is 5.12. The number of likely N-dealkylation sites (tertiary alicyclic amines) is 1. The predicted molar refractivity (Wildman–Crippen MR) is 117 cm³/mol. The number of hydrogen-bond acceptors (Lipinski definition) is 5. The van der Waals surface area contributed by atoms with E-state index in [0.29, 0.717) is 24.6 Å². The largest absolute Gasteiger partial charge is 0.491 e. The van der Waals surface area contributed by atoms with E-state index in [4.69, 9.17) is 9.72 Å². The van der Waals surface area contributed by atoms with Crippen LogP contribution in [0.25, 0.3) is 10.2 Å². The average Bonchev–Trinajstić information content (AvgIpc) is 3.15. The summed E-state index contributed by atoms with van der Waals surface area (Å²) in [6, 6.07) is 15.6. The zero-order valence-corrected chi connectivity index (χ0v) is 17.4. The van der Waals surface area contributed by atoms with E-state index in [1.54, 1.807) is 16.2 Å². The molecule has 5 rings (SSSR count). The van der Waals surface area contributed by atoms with Gasteiger partial charge < -0.3 is 9.64 Å². The molecule has 0 N–H and O–H groups in total. The van der Waals surface area contributed by atoms with Gasteiger partial charge in [0.15, 0.2) is 0 Å². The molecule has 6 nitrogen and oxygen atoms in total. The summed E-state index contributed by atoms with van der Waals surface area (Å²) in [5.41, 5.74) is 1.70. The van der Waals surface area contributed by atoms with E-state index in [0.717, 1.165) is 29.9 Å². The van der Waals surface area contributed by atoms with Gasteiger partial charge in [0.05, 0.1) is 33.9 Å². The Morgan fingerprint density at radius 3 is 2.90 bits per heavy atom. The van der Waals surface area contributed by atoms with Crippen molar-refractivity contribution in [2.24, 2.45) is 0 Å². The lowest BCUT2D eigenvalue weighted by Crippen LogP contribution is -2.46. The van der Waals surface area contributed by atoms with Crippen molar-refractivity contribution in [3.63, 3.8) is 0 Å². The molecule has 2 aromatic carbocycles. The fraction of sp³-hybridized carbons (Fsp3) is 0.348. The number of carbonyl (C=O) groups is 2. The number of piperidine rings is 1. The molecule has 0 saturated carbocycles. The van der Waals surface area contributed by atoms with Crippen LogP contribution in [-0.2, 0) is 9.59 Å². The number of carbonyl (C=O) groups excluding carboxylic acids is 2. The number of rotatable bonds is 3. The van der Waals surface area contributed by atoms with Crippen molar-refractivity contribution in [3.05, 3.63) is 53.5 Å². The number of amides is 2. The van der Waals surface area contributed by atoms with Gasteiger partial charge in [-0.05, 0) is 37.1 Å². The van der Waals surface area contributed by atoms with Crippen LogP contribution >= 0.6 is 11.3 Å². The Hall–Kier alpha value is -2.93. The minimum absolute atomic E-state index is 0.0223. The van der Waals surface area contributed by atoms with E-state index in [2.05, 4.69) is 6.07 Å². The summed E-state index contributed by atoms with van der Waals surface area (Å²) in [6.45, 7) is 1.76. The van der Waals surface area contributed by atoms with Crippen molar-refractivity contribution in [2.45, 2.75) is 25.2 Å². The quantitative estimate of drug-likeness (QED) is 0.645. The van der Waals surface area contributed by atoms with Crippen molar-refractivity contribution in [1.29, 1.82) is 0 Å². The zero-order valence-electron chi connectivity index (χ0n) is 16.6. The number of benzene rings is 2. The summed E-state index contributed by atoms with van der Waals surface area (Å²) in [7, 11) is 0. The molecule has 3 heterocycles. The Morgan fingerprint density at radius 2 is 2.00 bits per heavy atom. The van der Waals surface area contributed by atoms with Crippen LogP contribution in [0.1, 0.15) is 30.2 Å². The first kappa shape index (κ1) is 19.1. The lowest BCUT2D eigenvalue weighted by atomic mass is 9.98. The van der Waals surface area contributed by atoms with Gasteiger partial charge in [-0.2, -0.15) is 0 Å².